The number of benzene rings is 2. The summed E-state index contributed by atoms with van der Waals surface area (Å²) in [5.74, 6) is 1.04. The summed E-state index contributed by atoms with van der Waals surface area (Å²) < 4.78 is 5.47. The number of rotatable bonds is 5. The molecular weight excluding hydrogens is 324 g/mol. The second kappa shape index (κ2) is 7.81. The quantitative estimate of drug-likeness (QED) is 0.825. The highest BCUT2D eigenvalue weighted by Gasteiger charge is 2.17. The summed E-state index contributed by atoms with van der Waals surface area (Å²) in [6.07, 6.45) is 2.51. The Balaban J connectivity index is 1.78. The number of carbonyl (C=O) groups is 1. The van der Waals surface area contributed by atoms with Crippen molar-refractivity contribution in [2.75, 3.05) is 30.4 Å². The molecule has 4 nitrogen and oxygen atoms in total. The van der Waals surface area contributed by atoms with Crippen LogP contribution in [0.25, 0.3) is 0 Å². The van der Waals surface area contributed by atoms with Gasteiger partial charge in [-0.1, -0.05) is 13.8 Å². The minimum atomic E-state index is -0.0824. The van der Waals surface area contributed by atoms with Crippen LogP contribution in [0.1, 0.15) is 54.1 Å². The maximum absolute atomic E-state index is 12.8. The lowest BCUT2D eigenvalue weighted by Gasteiger charge is -2.18. The molecule has 1 saturated heterocycles. The molecule has 26 heavy (non-hydrogen) atoms. The zero-order chi connectivity index (χ0) is 18.7. The van der Waals surface area contributed by atoms with Crippen molar-refractivity contribution in [1.29, 1.82) is 0 Å². The first-order chi connectivity index (χ1) is 12.5. The number of amides is 1. The van der Waals surface area contributed by atoms with Crippen LogP contribution in [0.5, 0.6) is 5.75 Å². The van der Waals surface area contributed by atoms with Gasteiger partial charge in [-0.05, 0) is 73.2 Å². The van der Waals surface area contributed by atoms with E-state index in [1.165, 1.54) is 18.5 Å². The first-order valence-electron chi connectivity index (χ1n) is 9.34. The molecule has 2 aromatic rings. The SMILES string of the molecule is COc1cc(C)c(C(=O)Nc2ccc(N3CCCC3)cc2)cc1C(C)C. The van der Waals surface area contributed by atoms with Crippen molar-refractivity contribution < 1.29 is 9.53 Å². The van der Waals surface area contributed by atoms with Gasteiger partial charge in [0.15, 0.2) is 0 Å². The Kier molecular flexibility index (Phi) is 5.50. The second-order valence-corrected chi connectivity index (χ2v) is 7.26. The molecule has 0 saturated carbocycles. The zero-order valence-corrected chi connectivity index (χ0v) is 16.1. The van der Waals surface area contributed by atoms with Crippen LogP contribution in [0.15, 0.2) is 36.4 Å². The largest absolute Gasteiger partial charge is 0.496 e. The normalized spacial score (nSPS) is 14.0. The van der Waals surface area contributed by atoms with Crippen molar-refractivity contribution >= 4 is 17.3 Å². The number of anilines is 2. The molecule has 1 N–H and O–H groups in total. The van der Waals surface area contributed by atoms with Crippen LogP contribution in [0.3, 0.4) is 0 Å². The fraction of sp³-hybridized carbons (Fsp3) is 0.409. The average Bonchev–Trinajstić information content (AvgIpc) is 3.16. The van der Waals surface area contributed by atoms with Crippen molar-refractivity contribution in [2.24, 2.45) is 0 Å². The molecule has 1 aliphatic rings. The third-order valence-electron chi connectivity index (χ3n) is 5.04. The molecule has 0 spiro atoms. The fourth-order valence-corrected chi connectivity index (χ4v) is 3.50. The van der Waals surface area contributed by atoms with Gasteiger partial charge in [-0.3, -0.25) is 4.79 Å². The van der Waals surface area contributed by atoms with Crippen LogP contribution in [-0.2, 0) is 0 Å². The molecule has 4 heteroatoms. The highest BCUT2D eigenvalue weighted by molar-refractivity contribution is 6.05. The number of hydrogen-bond donors (Lipinski definition) is 1. The smallest absolute Gasteiger partial charge is 0.255 e. The van der Waals surface area contributed by atoms with Crippen molar-refractivity contribution in [3.8, 4) is 5.75 Å². The Bertz CT molecular complexity index is 775. The van der Waals surface area contributed by atoms with E-state index < -0.39 is 0 Å². The van der Waals surface area contributed by atoms with E-state index in [9.17, 15) is 4.79 Å². The standard InChI is InChI=1S/C22H28N2O2/c1-15(2)19-14-20(16(3)13-21(19)26-4)22(25)23-17-7-9-18(10-8-17)24-11-5-6-12-24/h7-10,13-15H,5-6,11-12H2,1-4H3,(H,23,25). The maximum Gasteiger partial charge on any atom is 0.255 e. The van der Waals surface area contributed by atoms with Crippen LogP contribution < -0.4 is 15.0 Å². The average molecular weight is 352 g/mol. The summed E-state index contributed by atoms with van der Waals surface area (Å²) in [7, 11) is 1.67. The summed E-state index contributed by atoms with van der Waals surface area (Å²) in [6, 6.07) is 12.0. The van der Waals surface area contributed by atoms with Crippen LogP contribution in [0, 0.1) is 6.92 Å². The topological polar surface area (TPSA) is 41.6 Å². The highest BCUT2D eigenvalue weighted by Crippen LogP contribution is 2.30. The van der Waals surface area contributed by atoms with E-state index in [0.717, 1.165) is 35.7 Å². The zero-order valence-electron chi connectivity index (χ0n) is 16.1. The van der Waals surface area contributed by atoms with E-state index in [-0.39, 0.29) is 11.8 Å². The second-order valence-electron chi connectivity index (χ2n) is 7.26. The molecule has 1 aliphatic heterocycles. The van der Waals surface area contributed by atoms with Crippen LogP contribution >= 0.6 is 0 Å². The molecule has 0 aliphatic carbocycles. The van der Waals surface area contributed by atoms with Gasteiger partial charge in [0.2, 0.25) is 0 Å². The molecule has 0 unspecified atom stereocenters. The van der Waals surface area contributed by atoms with E-state index in [0.29, 0.717) is 5.56 Å². The molecule has 2 aromatic carbocycles. The fourth-order valence-electron chi connectivity index (χ4n) is 3.50. The molecule has 0 atom stereocenters. The molecule has 138 valence electrons. The van der Waals surface area contributed by atoms with Crippen LogP contribution in [0.2, 0.25) is 0 Å². The Labute approximate surface area is 156 Å². The number of hydrogen-bond acceptors (Lipinski definition) is 3. The molecule has 0 bridgehead atoms. The molecule has 1 fully saturated rings. The van der Waals surface area contributed by atoms with E-state index >= 15 is 0 Å². The van der Waals surface area contributed by atoms with E-state index in [4.69, 9.17) is 4.74 Å². The van der Waals surface area contributed by atoms with Crippen molar-refractivity contribution in [3.05, 3.63) is 53.1 Å². The Morgan fingerprint density at radius 1 is 1.12 bits per heavy atom. The van der Waals surface area contributed by atoms with Crippen molar-refractivity contribution in [1.82, 2.24) is 0 Å². The van der Waals surface area contributed by atoms with Gasteiger partial charge in [0.1, 0.15) is 5.75 Å². The Morgan fingerprint density at radius 2 is 1.77 bits per heavy atom. The van der Waals surface area contributed by atoms with Crippen LogP contribution in [0.4, 0.5) is 11.4 Å². The number of carbonyl (C=O) groups excluding carboxylic acids is 1. The summed E-state index contributed by atoms with van der Waals surface area (Å²) in [5, 5.41) is 3.02. The Hall–Kier alpha value is -2.49. The Morgan fingerprint density at radius 3 is 2.35 bits per heavy atom. The maximum atomic E-state index is 12.8. The molecule has 0 radical (unpaired) electrons. The van der Waals surface area contributed by atoms with Crippen molar-refractivity contribution in [2.45, 2.75) is 39.5 Å². The first-order valence-corrected chi connectivity index (χ1v) is 9.34. The molecule has 3 rings (SSSR count). The molecule has 1 heterocycles. The predicted octanol–water partition coefficient (Wildman–Crippen LogP) is 4.98. The third-order valence-corrected chi connectivity index (χ3v) is 5.04. The third kappa shape index (κ3) is 3.85. The van der Waals surface area contributed by atoms with E-state index in [2.05, 4.69) is 36.2 Å². The highest BCUT2D eigenvalue weighted by atomic mass is 16.5. The van der Waals surface area contributed by atoms with Gasteiger partial charge >= 0.3 is 0 Å². The minimum absolute atomic E-state index is 0.0824. The van der Waals surface area contributed by atoms with Gasteiger partial charge in [0.25, 0.3) is 5.91 Å². The van der Waals surface area contributed by atoms with Gasteiger partial charge in [0, 0.05) is 30.0 Å². The first kappa shape index (κ1) is 18.3. The summed E-state index contributed by atoms with van der Waals surface area (Å²) in [6.45, 7) is 8.39. The summed E-state index contributed by atoms with van der Waals surface area (Å²) in [5.41, 5.74) is 4.70. The number of nitrogens with zero attached hydrogens (tertiary/aromatic N) is 1. The number of nitrogens with one attached hydrogen (secondary N) is 1. The van der Waals surface area contributed by atoms with Crippen LogP contribution in [-0.4, -0.2) is 26.1 Å². The number of aryl methyl sites for hydroxylation is 1. The summed E-state index contributed by atoms with van der Waals surface area (Å²) in [4.78, 5) is 15.2. The molecular formula is C22H28N2O2. The lowest BCUT2D eigenvalue weighted by molar-refractivity contribution is 0.102. The molecule has 1 amide bonds. The van der Waals surface area contributed by atoms with Gasteiger partial charge in [-0.2, -0.15) is 0 Å². The van der Waals surface area contributed by atoms with E-state index in [1.54, 1.807) is 7.11 Å². The van der Waals surface area contributed by atoms with Crippen molar-refractivity contribution in [3.63, 3.8) is 0 Å². The number of ether oxygens (including phenoxy) is 1. The monoisotopic (exact) mass is 352 g/mol. The molecule has 0 aromatic heterocycles. The van der Waals surface area contributed by atoms with Gasteiger partial charge in [-0.15, -0.1) is 0 Å². The number of methoxy groups -OCH3 is 1. The summed E-state index contributed by atoms with van der Waals surface area (Å²) >= 11 is 0. The lowest BCUT2D eigenvalue weighted by Crippen LogP contribution is -2.18. The minimum Gasteiger partial charge on any atom is -0.496 e. The van der Waals surface area contributed by atoms with Gasteiger partial charge in [0.05, 0.1) is 7.11 Å². The predicted molar refractivity (Wildman–Crippen MR) is 108 cm³/mol. The van der Waals surface area contributed by atoms with Gasteiger partial charge < -0.3 is 15.0 Å². The lowest BCUT2D eigenvalue weighted by atomic mass is 9.96. The van der Waals surface area contributed by atoms with Gasteiger partial charge in [-0.25, -0.2) is 0 Å². The van der Waals surface area contributed by atoms with E-state index in [1.807, 2.05) is 31.2 Å².